The van der Waals surface area contributed by atoms with Crippen LogP contribution in [0.15, 0.2) is 58.3 Å². The fraction of sp³-hybridized carbons (Fsp3) is 0.371. The number of ether oxygens (including phenoxy) is 3. The number of esters is 2. The van der Waals surface area contributed by atoms with Gasteiger partial charge in [-0.15, -0.1) is 0 Å². The number of aromatic nitrogens is 4. The van der Waals surface area contributed by atoms with Gasteiger partial charge in [-0.3, -0.25) is 19.6 Å². The Hall–Kier alpha value is -5.57. The molecule has 0 amide bonds. The van der Waals surface area contributed by atoms with Crippen LogP contribution in [0.4, 0.5) is 4.39 Å². The molecule has 1 saturated heterocycles. The van der Waals surface area contributed by atoms with E-state index in [9.17, 15) is 28.4 Å². The molecule has 1 aliphatic heterocycles. The lowest BCUT2D eigenvalue weighted by atomic mass is 10.0. The zero-order valence-electron chi connectivity index (χ0n) is 28.3. The van der Waals surface area contributed by atoms with Crippen LogP contribution >= 0.6 is 11.6 Å². The molecule has 0 saturated carbocycles. The zero-order valence-corrected chi connectivity index (χ0v) is 29.1. The van der Waals surface area contributed by atoms with Crippen molar-refractivity contribution in [1.82, 2.24) is 19.5 Å². The zero-order chi connectivity index (χ0) is 38.2. The summed E-state index contributed by atoms with van der Waals surface area (Å²) in [6, 6.07) is 10.8. The highest BCUT2D eigenvalue weighted by Gasteiger charge is 2.23. The Morgan fingerprint density at radius 1 is 1.17 bits per heavy atom. The van der Waals surface area contributed by atoms with Gasteiger partial charge in [0.2, 0.25) is 6.10 Å². The van der Waals surface area contributed by atoms with Gasteiger partial charge in [-0.2, -0.15) is 9.59 Å². The topological polar surface area (TPSA) is 214 Å². The lowest BCUT2D eigenvalue weighted by Crippen LogP contribution is -2.32. The van der Waals surface area contributed by atoms with Crippen molar-refractivity contribution in [3.8, 4) is 5.69 Å². The van der Waals surface area contributed by atoms with Gasteiger partial charge < -0.3 is 19.3 Å². The Bertz CT molecular complexity index is 1970. The number of hydrogen-bond acceptors (Lipinski definition) is 12. The van der Waals surface area contributed by atoms with Gasteiger partial charge in [0.25, 0.3) is 5.56 Å². The molecule has 1 aromatic carbocycles. The first-order valence-corrected chi connectivity index (χ1v) is 15.7. The summed E-state index contributed by atoms with van der Waals surface area (Å²) in [5, 5.41) is 8.27. The van der Waals surface area contributed by atoms with Gasteiger partial charge in [0.05, 0.1) is 28.4 Å². The third kappa shape index (κ3) is 13.0. The van der Waals surface area contributed by atoms with Crippen molar-refractivity contribution in [2.24, 2.45) is 0 Å². The van der Waals surface area contributed by atoms with Crippen LogP contribution < -0.4 is 11.2 Å². The number of carboxylic acids is 1. The minimum atomic E-state index is -1.49. The number of aliphatic carboxylic acids is 1. The summed E-state index contributed by atoms with van der Waals surface area (Å²) >= 11 is 5.76. The highest BCUT2D eigenvalue weighted by atomic mass is 35.5. The Morgan fingerprint density at radius 3 is 2.31 bits per heavy atom. The molecule has 1 aliphatic rings. The number of rotatable bonds is 7. The number of carboxylic acid groups (broad SMARTS) is 1. The van der Waals surface area contributed by atoms with Crippen LogP contribution in [0.3, 0.4) is 0 Å². The number of aryl methyl sites for hydroxylation is 1. The summed E-state index contributed by atoms with van der Waals surface area (Å²) in [6.45, 7) is 9.34. The number of nitrogens with zero attached hydrogens (tertiary/aromatic N) is 3. The van der Waals surface area contributed by atoms with Crippen LogP contribution in [0.25, 0.3) is 16.7 Å². The van der Waals surface area contributed by atoms with Gasteiger partial charge >= 0.3 is 29.7 Å². The summed E-state index contributed by atoms with van der Waals surface area (Å²) in [5.41, 5.74) is 0.827. The van der Waals surface area contributed by atoms with Crippen molar-refractivity contribution in [3.63, 3.8) is 0 Å². The maximum Gasteiger partial charge on any atom is 0.373 e. The summed E-state index contributed by atoms with van der Waals surface area (Å²) in [5.74, 6) is -3.60. The largest absolute Gasteiger partial charge is 0.478 e. The van der Waals surface area contributed by atoms with E-state index in [1.807, 2.05) is 20.8 Å². The van der Waals surface area contributed by atoms with E-state index in [2.05, 4.69) is 26.6 Å². The molecule has 2 N–H and O–H groups in total. The molecule has 0 spiro atoms. The molecule has 1 unspecified atom stereocenters. The van der Waals surface area contributed by atoms with Crippen molar-refractivity contribution < 1.29 is 47.7 Å². The number of carbonyl (C=O) groups is 3. The molecular weight excluding hydrogens is 707 g/mol. The number of fused-ring (bicyclic) bond motifs is 1. The third-order valence-electron chi connectivity index (χ3n) is 6.83. The van der Waals surface area contributed by atoms with Crippen LogP contribution in [0.2, 0.25) is 5.15 Å². The third-order valence-corrected chi connectivity index (χ3v) is 7.10. The first kappa shape index (κ1) is 44.5. The molecule has 2 atom stereocenters. The Morgan fingerprint density at radius 2 is 1.81 bits per heavy atom. The van der Waals surface area contributed by atoms with Gasteiger partial charge in [-0.1, -0.05) is 51.1 Å². The Kier molecular flexibility index (Phi) is 18.5. The molecule has 0 radical (unpaired) electrons. The standard InChI is InChI=1S/C16H14ClFN4O2.C12H12O6.C5H10O.CO2.CH4/c1-7(2)11-12(8(3)4-5-19-11)22-14-9(15(23)21-16(22)24)6-10(18)13(17)20-14;1-8(13)18-10(11(14)15)7-17-12(16)9-5-3-2-4-6-9;1-5-3-2-4-6-5;2-1-3;/h4-7H,1-3H3,(H,21,23,24);2-6,10H,7H2,1H3,(H,14,15);5H,2-4H2,1H3;;1H4/t;10-;;;/m.0.../s1. The normalized spacial score (nSPS) is 13.3. The van der Waals surface area contributed by atoms with E-state index in [4.69, 9.17) is 35.8 Å². The van der Waals surface area contributed by atoms with Gasteiger partial charge in [0.15, 0.2) is 16.6 Å². The molecule has 5 rings (SSSR count). The van der Waals surface area contributed by atoms with Gasteiger partial charge in [0, 0.05) is 19.7 Å². The number of H-pyrrole nitrogens is 1. The first-order chi connectivity index (χ1) is 24.1. The predicted molar refractivity (Wildman–Crippen MR) is 186 cm³/mol. The van der Waals surface area contributed by atoms with E-state index in [-0.39, 0.29) is 30.5 Å². The Balaban J connectivity index is 0.000000424. The van der Waals surface area contributed by atoms with Gasteiger partial charge in [0.1, 0.15) is 6.61 Å². The number of benzene rings is 1. The molecule has 0 bridgehead atoms. The van der Waals surface area contributed by atoms with Crippen LogP contribution in [0.1, 0.15) is 75.5 Å². The van der Waals surface area contributed by atoms with Crippen LogP contribution in [-0.4, -0.2) is 74.1 Å². The van der Waals surface area contributed by atoms with E-state index in [1.165, 1.54) is 29.5 Å². The van der Waals surface area contributed by atoms with E-state index < -0.39 is 52.8 Å². The monoisotopic (exact) mass is 746 g/mol. The van der Waals surface area contributed by atoms with Crippen molar-refractivity contribution in [1.29, 1.82) is 0 Å². The van der Waals surface area contributed by atoms with E-state index in [0.29, 0.717) is 23.0 Å². The molecule has 4 heterocycles. The highest BCUT2D eigenvalue weighted by molar-refractivity contribution is 6.29. The average molecular weight is 747 g/mol. The number of halogens is 2. The van der Waals surface area contributed by atoms with E-state index in [1.54, 1.807) is 30.5 Å². The number of hydrogen-bond donors (Lipinski definition) is 2. The molecule has 15 nitrogen and oxygen atoms in total. The number of pyridine rings is 2. The molecule has 3 aromatic heterocycles. The molecule has 52 heavy (non-hydrogen) atoms. The van der Waals surface area contributed by atoms with Crippen molar-refractivity contribution >= 4 is 46.7 Å². The first-order valence-electron chi connectivity index (χ1n) is 15.3. The SMILES string of the molecule is C.CC(=O)O[C@@H](COC(=O)c1ccccc1)C(=O)O.CC1CCCO1.Cc1ccnc(C(C)C)c1-n1c(=O)[nH]c(=O)c2cc(F)c(Cl)nc21.O=C=O. The summed E-state index contributed by atoms with van der Waals surface area (Å²) in [4.78, 5) is 84.1. The second kappa shape index (κ2) is 21.6. The second-order valence-corrected chi connectivity index (χ2v) is 11.4. The molecule has 1 fully saturated rings. The Labute approximate surface area is 302 Å². The maximum absolute atomic E-state index is 13.7. The van der Waals surface area contributed by atoms with Gasteiger partial charge in [-0.05, 0) is 62.4 Å². The molecule has 280 valence electrons. The second-order valence-electron chi connectivity index (χ2n) is 11.1. The molecule has 0 aliphatic carbocycles. The highest BCUT2D eigenvalue weighted by Crippen LogP contribution is 2.25. The fourth-order valence-electron chi connectivity index (χ4n) is 4.51. The minimum absolute atomic E-state index is 0. The van der Waals surface area contributed by atoms with Crippen molar-refractivity contribution in [2.45, 2.75) is 73.0 Å². The van der Waals surface area contributed by atoms with E-state index >= 15 is 0 Å². The van der Waals surface area contributed by atoms with Crippen molar-refractivity contribution in [2.75, 3.05) is 13.2 Å². The lowest BCUT2D eigenvalue weighted by Gasteiger charge is -2.17. The minimum Gasteiger partial charge on any atom is -0.478 e. The van der Waals surface area contributed by atoms with Crippen LogP contribution in [-0.2, 0) is 33.4 Å². The van der Waals surface area contributed by atoms with Crippen LogP contribution in [0, 0.1) is 12.7 Å². The predicted octanol–water partition coefficient (Wildman–Crippen LogP) is 4.79. The van der Waals surface area contributed by atoms with Gasteiger partial charge in [-0.25, -0.2) is 28.3 Å². The van der Waals surface area contributed by atoms with E-state index in [0.717, 1.165) is 25.2 Å². The fourth-order valence-corrected chi connectivity index (χ4v) is 4.64. The molecular formula is C35H40ClFN4O11. The summed E-state index contributed by atoms with van der Waals surface area (Å²) in [6.07, 6.45) is 3.48. The number of nitrogens with one attached hydrogen (secondary N) is 1. The smallest absolute Gasteiger partial charge is 0.373 e. The maximum atomic E-state index is 13.7. The van der Waals surface area contributed by atoms with Crippen LogP contribution in [0.5, 0.6) is 0 Å². The summed E-state index contributed by atoms with van der Waals surface area (Å²) < 4.78 is 29.3. The molecule has 17 heteroatoms. The number of aromatic amines is 1. The number of carbonyl (C=O) groups excluding carboxylic acids is 4. The summed E-state index contributed by atoms with van der Waals surface area (Å²) in [7, 11) is 0. The molecule has 4 aromatic rings. The lowest BCUT2D eigenvalue weighted by molar-refractivity contribution is -0.191. The van der Waals surface area contributed by atoms with Crippen molar-refractivity contribution in [3.05, 3.63) is 97.3 Å². The average Bonchev–Trinajstić information content (AvgIpc) is 3.56. The quantitative estimate of drug-likeness (QED) is 0.192.